The van der Waals surface area contributed by atoms with Gasteiger partial charge in [-0.15, -0.1) is 0 Å². The van der Waals surface area contributed by atoms with Crippen molar-refractivity contribution < 1.29 is 9.53 Å². The number of hydrogen-bond donors (Lipinski definition) is 1. The minimum Gasteiger partial charge on any atom is -0.493 e. The summed E-state index contributed by atoms with van der Waals surface area (Å²) in [6.45, 7) is 5.73. The summed E-state index contributed by atoms with van der Waals surface area (Å²) in [5.41, 5.74) is 2.43. The fraction of sp³-hybridized carbons (Fsp3) is 0.211. The molecule has 24 heavy (non-hydrogen) atoms. The van der Waals surface area contributed by atoms with Gasteiger partial charge in [-0.2, -0.15) is 0 Å². The first-order valence-electron chi connectivity index (χ1n) is 7.79. The molecule has 0 saturated carbocycles. The van der Waals surface area contributed by atoms with Crippen LogP contribution in [-0.2, 0) is 0 Å². The van der Waals surface area contributed by atoms with E-state index in [0.717, 1.165) is 5.56 Å². The molecule has 0 spiro atoms. The highest BCUT2D eigenvalue weighted by atomic mass is 16.5. The standard InChI is InChI=1S/C19H18N2O3/c1-4-24-16-9-8-13(12(3)22)10-14(16)18-20-15-7-5-6-11(2)17(15)19(23)21-18/h5-10H,4H2,1-3H3,(H,20,21,23). The van der Waals surface area contributed by atoms with Gasteiger partial charge in [0.2, 0.25) is 0 Å². The van der Waals surface area contributed by atoms with Crippen molar-refractivity contribution in [3.63, 3.8) is 0 Å². The fourth-order valence-corrected chi connectivity index (χ4v) is 2.70. The smallest absolute Gasteiger partial charge is 0.259 e. The maximum Gasteiger partial charge on any atom is 0.259 e. The van der Waals surface area contributed by atoms with Crippen LogP contribution in [0.1, 0.15) is 29.8 Å². The first-order chi connectivity index (χ1) is 11.5. The van der Waals surface area contributed by atoms with Crippen molar-refractivity contribution in [1.82, 2.24) is 9.97 Å². The van der Waals surface area contributed by atoms with Crippen LogP contribution < -0.4 is 10.3 Å². The molecule has 0 aliphatic carbocycles. The number of carbonyl (C=O) groups is 1. The second-order valence-electron chi connectivity index (χ2n) is 5.58. The molecular formula is C19H18N2O3. The Balaban J connectivity index is 2.28. The van der Waals surface area contributed by atoms with Crippen LogP contribution in [-0.4, -0.2) is 22.4 Å². The Hall–Kier alpha value is -2.95. The molecule has 0 aliphatic heterocycles. The third-order valence-corrected chi connectivity index (χ3v) is 3.88. The molecule has 0 amide bonds. The number of aromatic nitrogens is 2. The van der Waals surface area contributed by atoms with Crippen molar-refractivity contribution >= 4 is 16.7 Å². The van der Waals surface area contributed by atoms with E-state index >= 15 is 0 Å². The molecule has 3 aromatic rings. The first kappa shape index (κ1) is 15.9. The zero-order chi connectivity index (χ0) is 17.3. The van der Waals surface area contributed by atoms with E-state index < -0.39 is 0 Å². The summed E-state index contributed by atoms with van der Waals surface area (Å²) < 4.78 is 5.63. The Morgan fingerprint density at radius 3 is 2.75 bits per heavy atom. The number of Topliss-reactive ketones (excluding diaryl/α,β-unsaturated/α-hetero) is 1. The maximum atomic E-state index is 12.5. The predicted octanol–water partition coefficient (Wildman–Crippen LogP) is 3.50. The summed E-state index contributed by atoms with van der Waals surface area (Å²) in [6.07, 6.45) is 0. The van der Waals surface area contributed by atoms with Gasteiger partial charge in [0.25, 0.3) is 5.56 Å². The van der Waals surface area contributed by atoms with Gasteiger partial charge in [0.05, 0.1) is 23.1 Å². The van der Waals surface area contributed by atoms with E-state index in [2.05, 4.69) is 9.97 Å². The Morgan fingerprint density at radius 1 is 1.25 bits per heavy atom. The monoisotopic (exact) mass is 322 g/mol. The van der Waals surface area contributed by atoms with Gasteiger partial charge in [-0.25, -0.2) is 4.98 Å². The lowest BCUT2D eigenvalue weighted by Crippen LogP contribution is -2.11. The van der Waals surface area contributed by atoms with Crippen LogP contribution in [0.25, 0.3) is 22.3 Å². The normalized spacial score (nSPS) is 10.8. The number of aromatic amines is 1. The number of hydrogen-bond acceptors (Lipinski definition) is 4. The number of H-pyrrole nitrogens is 1. The van der Waals surface area contributed by atoms with Crippen LogP contribution in [0, 0.1) is 6.92 Å². The molecule has 0 radical (unpaired) electrons. The number of ether oxygens (including phenoxy) is 1. The molecule has 1 heterocycles. The Bertz CT molecular complexity index is 990. The summed E-state index contributed by atoms with van der Waals surface area (Å²) >= 11 is 0. The van der Waals surface area contributed by atoms with E-state index in [0.29, 0.717) is 40.2 Å². The fourth-order valence-electron chi connectivity index (χ4n) is 2.70. The van der Waals surface area contributed by atoms with Gasteiger partial charge in [0.1, 0.15) is 11.6 Å². The summed E-state index contributed by atoms with van der Waals surface area (Å²) in [6, 6.07) is 10.7. The number of rotatable bonds is 4. The molecule has 1 aromatic heterocycles. The zero-order valence-corrected chi connectivity index (χ0v) is 13.8. The van der Waals surface area contributed by atoms with Crippen molar-refractivity contribution in [1.29, 1.82) is 0 Å². The van der Waals surface area contributed by atoms with Crippen molar-refractivity contribution in [2.75, 3.05) is 6.61 Å². The van der Waals surface area contributed by atoms with Gasteiger partial charge in [-0.1, -0.05) is 12.1 Å². The lowest BCUT2D eigenvalue weighted by Gasteiger charge is -2.12. The minimum atomic E-state index is -0.205. The Morgan fingerprint density at radius 2 is 2.04 bits per heavy atom. The van der Waals surface area contributed by atoms with Gasteiger partial charge >= 0.3 is 0 Å². The van der Waals surface area contributed by atoms with Gasteiger partial charge in [-0.3, -0.25) is 9.59 Å². The molecule has 0 bridgehead atoms. The van der Waals surface area contributed by atoms with Gasteiger partial charge < -0.3 is 9.72 Å². The highest BCUT2D eigenvalue weighted by Gasteiger charge is 2.14. The zero-order valence-electron chi connectivity index (χ0n) is 13.8. The van der Waals surface area contributed by atoms with Crippen LogP contribution in [0.3, 0.4) is 0 Å². The van der Waals surface area contributed by atoms with E-state index in [1.165, 1.54) is 6.92 Å². The summed E-state index contributed by atoms with van der Waals surface area (Å²) in [7, 11) is 0. The number of ketones is 1. The number of carbonyl (C=O) groups excluding carboxylic acids is 1. The molecule has 122 valence electrons. The summed E-state index contributed by atoms with van der Waals surface area (Å²) in [4.78, 5) is 31.5. The molecule has 3 rings (SSSR count). The molecule has 0 saturated heterocycles. The predicted molar refractivity (Wildman–Crippen MR) is 93.7 cm³/mol. The third kappa shape index (κ3) is 2.80. The van der Waals surface area contributed by atoms with Crippen LogP contribution in [0.5, 0.6) is 5.75 Å². The van der Waals surface area contributed by atoms with Crippen LogP contribution >= 0.6 is 0 Å². The molecular weight excluding hydrogens is 304 g/mol. The van der Waals surface area contributed by atoms with Crippen molar-refractivity contribution in [2.24, 2.45) is 0 Å². The van der Waals surface area contributed by atoms with E-state index in [-0.39, 0.29) is 11.3 Å². The maximum absolute atomic E-state index is 12.5. The van der Waals surface area contributed by atoms with Crippen molar-refractivity contribution in [2.45, 2.75) is 20.8 Å². The van der Waals surface area contributed by atoms with Crippen LogP contribution in [0.4, 0.5) is 0 Å². The van der Waals surface area contributed by atoms with Crippen molar-refractivity contribution in [3.8, 4) is 17.1 Å². The van der Waals surface area contributed by atoms with Gasteiger partial charge in [0, 0.05) is 5.56 Å². The van der Waals surface area contributed by atoms with E-state index in [4.69, 9.17) is 4.74 Å². The number of aryl methyl sites for hydroxylation is 1. The molecule has 0 unspecified atom stereocenters. The van der Waals surface area contributed by atoms with E-state index in [9.17, 15) is 9.59 Å². The quantitative estimate of drug-likeness (QED) is 0.746. The van der Waals surface area contributed by atoms with Crippen LogP contribution in [0.2, 0.25) is 0 Å². The van der Waals surface area contributed by atoms with Gasteiger partial charge in [0.15, 0.2) is 5.78 Å². The average molecular weight is 322 g/mol. The number of nitrogens with one attached hydrogen (secondary N) is 1. The minimum absolute atomic E-state index is 0.0571. The highest BCUT2D eigenvalue weighted by Crippen LogP contribution is 2.29. The number of nitrogens with zero attached hydrogens (tertiary/aromatic N) is 1. The first-order valence-corrected chi connectivity index (χ1v) is 7.79. The molecule has 0 atom stereocenters. The van der Waals surface area contributed by atoms with Crippen molar-refractivity contribution in [3.05, 3.63) is 57.9 Å². The number of benzene rings is 2. The largest absolute Gasteiger partial charge is 0.493 e. The molecule has 2 aromatic carbocycles. The molecule has 5 nitrogen and oxygen atoms in total. The lowest BCUT2D eigenvalue weighted by atomic mass is 10.1. The Kier molecular flexibility index (Phi) is 4.16. The SMILES string of the molecule is CCOc1ccc(C(C)=O)cc1-c1nc2cccc(C)c2c(=O)[nH]1. The van der Waals surface area contributed by atoms with Gasteiger partial charge in [-0.05, 0) is 50.6 Å². The van der Waals surface area contributed by atoms with E-state index in [1.54, 1.807) is 24.3 Å². The van der Waals surface area contributed by atoms with E-state index in [1.807, 2.05) is 26.0 Å². The second-order valence-corrected chi connectivity index (χ2v) is 5.58. The molecule has 0 aliphatic rings. The molecule has 5 heteroatoms. The average Bonchev–Trinajstić information content (AvgIpc) is 2.55. The van der Waals surface area contributed by atoms with Crippen LogP contribution in [0.15, 0.2) is 41.2 Å². The summed E-state index contributed by atoms with van der Waals surface area (Å²) in [5, 5.41) is 0.571. The summed E-state index contributed by atoms with van der Waals surface area (Å²) in [5.74, 6) is 0.917. The highest BCUT2D eigenvalue weighted by molar-refractivity contribution is 5.96. The lowest BCUT2D eigenvalue weighted by molar-refractivity contribution is 0.101. The molecule has 0 fully saturated rings. The number of fused-ring (bicyclic) bond motifs is 1. The Labute approximate surface area is 139 Å². The molecule has 1 N–H and O–H groups in total. The topological polar surface area (TPSA) is 72.0 Å². The third-order valence-electron chi connectivity index (χ3n) is 3.88. The second kappa shape index (κ2) is 6.28.